The van der Waals surface area contributed by atoms with Crippen LogP contribution in [-0.4, -0.2) is 52.4 Å². The van der Waals surface area contributed by atoms with Crippen molar-refractivity contribution in [2.75, 3.05) is 13.7 Å². The number of alkyl halides is 3. The number of benzene rings is 1. The van der Waals surface area contributed by atoms with Crippen molar-refractivity contribution < 1.29 is 42.1 Å². The summed E-state index contributed by atoms with van der Waals surface area (Å²) in [7, 11) is 1.56. The van der Waals surface area contributed by atoms with Crippen molar-refractivity contribution in [3.05, 3.63) is 53.2 Å². The number of carboxylic acids is 1. The number of nitrogens with zero attached hydrogens (tertiary/aromatic N) is 2. The Morgan fingerprint density at radius 2 is 1.78 bits per heavy atom. The third kappa shape index (κ3) is 8.62. The van der Waals surface area contributed by atoms with E-state index in [1.165, 1.54) is 0 Å². The molecule has 1 N–H and O–H groups in total. The predicted molar refractivity (Wildman–Crippen MR) is 125 cm³/mol. The molecule has 11 heteroatoms. The minimum absolute atomic E-state index is 0.00627. The molecule has 0 saturated carbocycles. The number of hydrogen-bond donors (Lipinski definition) is 1. The van der Waals surface area contributed by atoms with Gasteiger partial charge in [-0.2, -0.15) is 13.2 Å². The lowest BCUT2D eigenvalue weighted by Gasteiger charge is -2.32. The number of amides is 1. The predicted octanol–water partition coefficient (Wildman–Crippen LogP) is 5.79. The normalized spacial score (nSPS) is 12.6. The zero-order chi connectivity index (χ0) is 27.1. The van der Waals surface area contributed by atoms with Gasteiger partial charge in [0.1, 0.15) is 16.9 Å². The second kappa shape index (κ2) is 12.0. The Labute approximate surface area is 208 Å². The summed E-state index contributed by atoms with van der Waals surface area (Å²) in [5.74, 6) is -1.29. The van der Waals surface area contributed by atoms with Gasteiger partial charge < -0.3 is 24.2 Å². The molecule has 0 aliphatic rings. The molecule has 2 aromatic rings. The van der Waals surface area contributed by atoms with E-state index < -0.39 is 40.8 Å². The summed E-state index contributed by atoms with van der Waals surface area (Å²) in [5.41, 5.74) is -1.68. The molecule has 1 aromatic heterocycles. The molecule has 0 spiro atoms. The second-order valence-corrected chi connectivity index (χ2v) is 9.18. The molecule has 8 nitrogen and oxygen atoms in total. The van der Waals surface area contributed by atoms with Crippen LogP contribution >= 0.6 is 0 Å². The zero-order valence-corrected chi connectivity index (χ0v) is 20.9. The third-order valence-electron chi connectivity index (χ3n) is 5.09. The topological polar surface area (TPSA) is 98.2 Å². The highest BCUT2D eigenvalue weighted by Gasteiger charge is 2.33. The lowest BCUT2D eigenvalue weighted by molar-refractivity contribution is -0.137. The average molecular weight is 513 g/mol. The maximum absolute atomic E-state index is 12.9. The SMILES string of the molecule is COc1ccc(CN(C(=O)OC(C)(C)C)C(C)CCCOc2ncc(C(F)(F)F)cc2C(=O)O)cc1. The molecule has 0 bridgehead atoms. The number of halogens is 3. The summed E-state index contributed by atoms with van der Waals surface area (Å²) in [6, 6.07) is 7.47. The van der Waals surface area contributed by atoms with Crippen LogP contribution in [0.1, 0.15) is 62.0 Å². The van der Waals surface area contributed by atoms with Gasteiger partial charge in [-0.05, 0) is 64.3 Å². The van der Waals surface area contributed by atoms with Crippen LogP contribution in [-0.2, 0) is 17.5 Å². The third-order valence-corrected chi connectivity index (χ3v) is 5.09. The smallest absolute Gasteiger partial charge is 0.417 e. The standard InChI is InChI=1S/C25H31F3N2O6/c1-16(7-6-12-35-21-20(22(31)32)13-18(14-29-21)25(26,27)28)30(23(33)36-24(2,3)4)15-17-8-10-19(34-5)11-9-17/h8-11,13-14,16H,6-7,12,15H2,1-5H3,(H,31,32). The van der Waals surface area contributed by atoms with Crippen molar-refractivity contribution in [1.82, 2.24) is 9.88 Å². The highest BCUT2D eigenvalue weighted by atomic mass is 19.4. The maximum atomic E-state index is 12.9. The molecular formula is C25H31F3N2O6. The van der Waals surface area contributed by atoms with E-state index in [0.29, 0.717) is 30.9 Å². The Kier molecular flexibility index (Phi) is 9.55. The first kappa shape index (κ1) is 28.7. The molecule has 1 atom stereocenters. The van der Waals surface area contributed by atoms with Gasteiger partial charge >= 0.3 is 18.2 Å². The highest BCUT2D eigenvalue weighted by Crippen LogP contribution is 2.31. The molecule has 0 fully saturated rings. The summed E-state index contributed by atoms with van der Waals surface area (Å²) in [5, 5.41) is 9.25. The number of carboxylic acid groups (broad SMARTS) is 1. The minimum Gasteiger partial charge on any atom is -0.497 e. The molecule has 198 valence electrons. The first-order valence-electron chi connectivity index (χ1n) is 11.3. The monoisotopic (exact) mass is 512 g/mol. The van der Waals surface area contributed by atoms with Crippen LogP contribution in [0, 0.1) is 0 Å². The van der Waals surface area contributed by atoms with Gasteiger partial charge in [-0.3, -0.25) is 0 Å². The van der Waals surface area contributed by atoms with E-state index in [-0.39, 0.29) is 19.2 Å². The number of methoxy groups -OCH3 is 1. The van der Waals surface area contributed by atoms with Gasteiger partial charge in [-0.1, -0.05) is 12.1 Å². The van der Waals surface area contributed by atoms with E-state index in [1.807, 2.05) is 19.1 Å². The number of aromatic nitrogens is 1. The summed E-state index contributed by atoms with van der Waals surface area (Å²) in [6.45, 7) is 7.43. The number of hydrogen-bond acceptors (Lipinski definition) is 6. The van der Waals surface area contributed by atoms with Gasteiger partial charge in [0.05, 0.1) is 19.3 Å². The molecular weight excluding hydrogens is 481 g/mol. The van der Waals surface area contributed by atoms with Crippen molar-refractivity contribution in [2.45, 2.75) is 64.9 Å². The lowest BCUT2D eigenvalue weighted by atomic mass is 10.1. The first-order valence-corrected chi connectivity index (χ1v) is 11.3. The molecule has 36 heavy (non-hydrogen) atoms. The zero-order valence-electron chi connectivity index (χ0n) is 20.9. The first-order chi connectivity index (χ1) is 16.7. The van der Waals surface area contributed by atoms with Crippen molar-refractivity contribution in [1.29, 1.82) is 0 Å². The summed E-state index contributed by atoms with van der Waals surface area (Å²) in [4.78, 5) is 29.4. The summed E-state index contributed by atoms with van der Waals surface area (Å²) >= 11 is 0. The van der Waals surface area contributed by atoms with Crippen molar-refractivity contribution in [3.8, 4) is 11.6 Å². The van der Waals surface area contributed by atoms with Gasteiger partial charge in [-0.15, -0.1) is 0 Å². The fraction of sp³-hybridized carbons (Fsp3) is 0.480. The van der Waals surface area contributed by atoms with Crippen molar-refractivity contribution in [3.63, 3.8) is 0 Å². The number of rotatable bonds is 10. The van der Waals surface area contributed by atoms with Gasteiger partial charge in [0.25, 0.3) is 0 Å². The van der Waals surface area contributed by atoms with Gasteiger partial charge in [0.2, 0.25) is 5.88 Å². The number of aromatic carboxylic acids is 1. The summed E-state index contributed by atoms with van der Waals surface area (Å²) in [6.07, 6.45) is -3.85. The molecule has 1 heterocycles. The fourth-order valence-corrected chi connectivity index (χ4v) is 3.23. The van der Waals surface area contributed by atoms with Crippen LogP contribution < -0.4 is 9.47 Å². The number of carbonyl (C=O) groups excluding carboxylic acids is 1. The van der Waals surface area contributed by atoms with E-state index in [4.69, 9.17) is 14.2 Å². The fourth-order valence-electron chi connectivity index (χ4n) is 3.23. The maximum Gasteiger partial charge on any atom is 0.417 e. The molecule has 0 saturated heterocycles. The van der Waals surface area contributed by atoms with Gasteiger partial charge in [0.15, 0.2) is 0 Å². The van der Waals surface area contributed by atoms with Crippen LogP contribution in [0.15, 0.2) is 36.5 Å². The van der Waals surface area contributed by atoms with E-state index >= 15 is 0 Å². The summed E-state index contributed by atoms with van der Waals surface area (Å²) < 4.78 is 54.7. The van der Waals surface area contributed by atoms with E-state index in [9.17, 15) is 27.9 Å². The molecule has 1 amide bonds. The van der Waals surface area contributed by atoms with Crippen molar-refractivity contribution in [2.24, 2.45) is 0 Å². The molecule has 0 radical (unpaired) electrons. The van der Waals surface area contributed by atoms with E-state index in [2.05, 4.69) is 4.98 Å². The largest absolute Gasteiger partial charge is 0.497 e. The quantitative estimate of drug-likeness (QED) is 0.402. The molecule has 0 aliphatic carbocycles. The van der Waals surface area contributed by atoms with Gasteiger partial charge in [-0.25, -0.2) is 14.6 Å². The molecule has 1 unspecified atom stereocenters. The number of pyridine rings is 1. The number of ether oxygens (including phenoxy) is 3. The second-order valence-electron chi connectivity index (χ2n) is 9.18. The lowest BCUT2D eigenvalue weighted by Crippen LogP contribution is -2.41. The Morgan fingerprint density at radius 3 is 2.31 bits per heavy atom. The van der Waals surface area contributed by atoms with E-state index in [1.54, 1.807) is 44.9 Å². The Morgan fingerprint density at radius 1 is 1.14 bits per heavy atom. The Hall–Kier alpha value is -3.50. The number of carbonyl (C=O) groups is 2. The van der Waals surface area contributed by atoms with Crippen LogP contribution in [0.4, 0.5) is 18.0 Å². The van der Waals surface area contributed by atoms with Crippen molar-refractivity contribution >= 4 is 12.1 Å². The van der Waals surface area contributed by atoms with Gasteiger partial charge in [0, 0.05) is 18.8 Å². The molecule has 1 aromatic carbocycles. The molecule has 0 aliphatic heterocycles. The van der Waals surface area contributed by atoms with E-state index in [0.717, 1.165) is 5.56 Å². The van der Waals surface area contributed by atoms with Crippen LogP contribution in [0.2, 0.25) is 0 Å². The minimum atomic E-state index is -4.72. The Bertz CT molecular complexity index is 1040. The van der Waals surface area contributed by atoms with Crippen LogP contribution in [0.3, 0.4) is 0 Å². The molecule has 2 rings (SSSR count). The highest BCUT2D eigenvalue weighted by molar-refractivity contribution is 5.90. The van der Waals surface area contributed by atoms with Crippen LogP contribution in [0.5, 0.6) is 11.6 Å². The average Bonchev–Trinajstić information content (AvgIpc) is 2.78. The Balaban J connectivity index is 2.06. The van der Waals surface area contributed by atoms with Crippen LogP contribution in [0.25, 0.3) is 0 Å².